The van der Waals surface area contributed by atoms with E-state index < -0.39 is 17.3 Å². The van der Waals surface area contributed by atoms with Crippen molar-refractivity contribution >= 4 is 17.8 Å². The maximum atomic E-state index is 12.5. The summed E-state index contributed by atoms with van der Waals surface area (Å²) in [5, 5.41) is 9.55. The van der Waals surface area contributed by atoms with E-state index in [1.165, 1.54) is 12.1 Å². The lowest BCUT2D eigenvalue weighted by Crippen LogP contribution is -2.37. The highest BCUT2D eigenvalue weighted by Crippen LogP contribution is 2.49. The summed E-state index contributed by atoms with van der Waals surface area (Å²) in [5.74, 6) is -1.49. The van der Waals surface area contributed by atoms with Gasteiger partial charge >= 0.3 is 5.97 Å². The van der Waals surface area contributed by atoms with E-state index in [1.807, 2.05) is 0 Å². The second kappa shape index (κ2) is 5.12. The first-order valence-corrected chi connectivity index (χ1v) is 7.36. The molecule has 1 saturated carbocycles. The molecule has 1 aliphatic heterocycles. The lowest BCUT2D eigenvalue weighted by atomic mass is 9.81. The zero-order valence-electron chi connectivity index (χ0n) is 12.1. The van der Waals surface area contributed by atoms with Crippen molar-refractivity contribution in [2.45, 2.75) is 19.3 Å². The maximum absolute atomic E-state index is 12.5. The summed E-state index contributed by atoms with van der Waals surface area (Å²) >= 11 is 0. The smallest absolute Gasteiger partial charge is 0.311 e. The Kier molecular flexibility index (Phi) is 3.39. The highest BCUT2D eigenvalue weighted by molar-refractivity contribution is 5.97. The van der Waals surface area contributed by atoms with Crippen LogP contribution < -0.4 is 5.73 Å². The molecule has 0 unspecified atom stereocenters. The van der Waals surface area contributed by atoms with Gasteiger partial charge in [-0.1, -0.05) is 6.42 Å². The van der Waals surface area contributed by atoms with E-state index in [0.29, 0.717) is 24.1 Å². The summed E-state index contributed by atoms with van der Waals surface area (Å²) in [4.78, 5) is 36.9. The fourth-order valence-corrected chi connectivity index (χ4v) is 3.75. The molecule has 2 amide bonds. The van der Waals surface area contributed by atoms with E-state index in [2.05, 4.69) is 0 Å². The van der Waals surface area contributed by atoms with Gasteiger partial charge in [0.25, 0.3) is 5.91 Å². The number of rotatable bonds is 3. The van der Waals surface area contributed by atoms with Crippen LogP contribution >= 0.6 is 0 Å². The molecule has 1 aromatic rings. The monoisotopic (exact) mass is 302 g/mol. The predicted molar refractivity (Wildman–Crippen MR) is 78.3 cm³/mol. The fourth-order valence-electron chi connectivity index (χ4n) is 3.75. The number of carboxylic acids is 1. The van der Waals surface area contributed by atoms with Crippen LogP contribution in [0.3, 0.4) is 0 Å². The second-order valence-electron chi connectivity index (χ2n) is 6.18. The second-order valence-corrected chi connectivity index (χ2v) is 6.18. The number of carboxylic acid groups (broad SMARTS) is 1. The molecule has 1 heterocycles. The summed E-state index contributed by atoms with van der Waals surface area (Å²) < 4.78 is 0. The number of benzene rings is 1. The number of hydrogen-bond acceptors (Lipinski definition) is 3. The van der Waals surface area contributed by atoms with Gasteiger partial charge in [0.1, 0.15) is 0 Å². The Morgan fingerprint density at radius 3 is 2.36 bits per heavy atom. The summed E-state index contributed by atoms with van der Waals surface area (Å²) in [6.45, 7) is 0.756. The molecule has 0 bridgehead atoms. The standard InChI is InChI=1S/C16H18N2O4/c17-13(19)10-3-5-11(6-4-10)14(20)18-8-12-2-1-7-16(12,9-18)15(21)22/h3-6,12H,1-2,7-9H2,(H2,17,19)(H,21,22)/t12-,16+/m0/s1. The number of aliphatic carboxylic acids is 1. The van der Waals surface area contributed by atoms with E-state index in [-0.39, 0.29) is 18.4 Å². The Bertz CT molecular complexity index is 640. The van der Waals surface area contributed by atoms with E-state index in [9.17, 15) is 19.5 Å². The van der Waals surface area contributed by atoms with Crippen LogP contribution in [0.25, 0.3) is 0 Å². The normalized spacial score (nSPS) is 26.7. The molecule has 22 heavy (non-hydrogen) atoms. The van der Waals surface area contributed by atoms with Crippen LogP contribution in [0.5, 0.6) is 0 Å². The largest absolute Gasteiger partial charge is 0.481 e. The third-order valence-electron chi connectivity index (χ3n) is 5.00. The molecule has 3 N–H and O–H groups in total. The van der Waals surface area contributed by atoms with E-state index in [4.69, 9.17) is 5.73 Å². The highest BCUT2D eigenvalue weighted by Gasteiger charge is 2.55. The van der Waals surface area contributed by atoms with E-state index >= 15 is 0 Å². The summed E-state index contributed by atoms with van der Waals surface area (Å²) in [7, 11) is 0. The fraction of sp³-hybridized carbons (Fsp3) is 0.438. The average Bonchev–Trinajstić information content (AvgIpc) is 3.04. The SMILES string of the molecule is NC(=O)c1ccc(C(=O)N2C[C@@H]3CCC[C@@]3(C(=O)O)C2)cc1. The van der Waals surface area contributed by atoms with Gasteiger partial charge in [-0.05, 0) is 43.0 Å². The van der Waals surface area contributed by atoms with Gasteiger partial charge in [0.15, 0.2) is 0 Å². The highest BCUT2D eigenvalue weighted by atomic mass is 16.4. The van der Waals surface area contributed by atoms with Crippen molar-refractivity contribution in [3.05, 3.63) is 35.4 Å². The van der Waals surface area contributed by atoms with Crippen molar-refractivity contribution in [3.8, 4) is 0 Å². The molecular weight excluding hydrogens is 284 g/mol. The molecule has 1 aliphatic carbocycles. The molecule has 116 valence electrons. The number of primary amides is 1. The van der Waals surface area contributed by atoms with Crippen molar-refractivity contribution in [3.63, 3.8) is 0 Å². The molecular formula is C16H18N2O4. The van der Waals surface area contributed by atoms with Crippen LogP contribution in [-0.2, 0) is 4.79 Å². The number of likely N-dealkylation sites (tertiary alicyclic amines) is 1. The first kappa shape index (κ1) is 14.6. The number of carbonyl (C=O) groups excluding carboxylic acids is 2. The molecule has 2 fully saturated rings. The molecule has 3 rings (SSSR count). The number of nitrogens with two attached hydrogens (primary N) is 1. The number of nitrogens with zero attached hydrogens (tertiary/aromatic N) is 1. The molecule has 6 heteroatoms. The molecule has 0 aromatic heterocycles. The van der Waals surface area contributed by atoms with E-state index in [1.54, 1.807) is 17.0 Å². The summed E-state index contributed by atoms with van der Waals surface area (Å²) in [6.07, 6.45) is 2.40. The Morgan fingerprint density at radius 2 is 1.82 bits per heavy atom. The Hall–Kier alpha value is -2.37. The predicted octanol–water partition coefficient (Wildman–Crippen LogP) is 1.11. The quantitative estimate of drug-likeness (QED) is 0.873. The van der Waals surface area contributed by atoms with Gasteiger partial charge in [0, 0.05) is 24.2 Å². The lowest BCUT2D eigenvalue weighted by Gasteiger charge is -2.23. The summed E-state index contributed by atoms with van der Waals surface area (Å²) in [5.41, 5.74) is 5.19. The molecule has 0 radical (unpaired) electrons. The molecule has 2 atom stereocenters. The number of fused-ring (bicyclic) bond motifs is 1. The van der Waals surface area contributed by atoms with Crippen molar-refractivity contribution in [1.82, 2.24) is 4.90 Å². The minimum absolute atomic E-state index is 0.0406. The van der Waals surface area contributed by atoms with Crippen LogP contribution in [0.1, 0.15) is 40.0 Å². The van der Waals surface area contributed by atoms with Crippen molar-refractivity contribution in [2.75, 3.05) is 13.1 Å². The first-order chi connectivity index (χ1) is 10.4. The van der Waals surface area contributed by atoms with Crippen LogP contribution in [0.15, 0.2) is 24.3 Å². The average molecular weight is 302 g/mol. The van der Waals surface area contributed by atoms with Crippen molar-refractivity contribution < 1.29 is 19.5 Å². The van der Waals surface area contributed by atoms with E-state index in [0.717, 1.165) is 12.8 Å². The first-order valence-electron chi connectivity index (χ1n) is 7.36. The van der Waals surface area contributed by atoms with Gasteiger partial charge in [-0.25, -0.2) is 0 Å². The van der Waals surface area contributed by atoms with Crippen molar-refractivity contribution in [1.29, 1.82) is 0 Å². The third-order valence-corrected chi connectivity index (χ3v) is 5.00. The van der Waals surface area contributed by atoms with Gasteiger partial charge < -0.3 is 15.7 Å². The topological polar surface area (TPSA) is 101 Å². The summed E-state index contributed by atoms with van der Waals surface area (Å²) in [6, 6.07) is 6.15. The molecule has 1 aromatic carbocycles. The van der Waals surface area contributed by atoms with Gasteiger partial charge in [0.2, 0.25) is 5.91 Å². The number of hydrogen-bond donors (Lipinski definition) is 2. The Morgan fingerprint density at radius 1 is 1.18 bits per heavy atom. The lowest BCUT2D eigenvalue weighted by molar-refractivity contribution is -0.149. The van der Waals surface area contributed by atoms with Gasteiger partial charge in [-0.3, -0.25) is 14.4 Å². The number of amides is 2. The van der Waals surface area contributed by atoms with Crippen LogP contribution in [0, 0.1) is 11.3 Å². The Labute approximate surface area is 127 Å². The maximum Gasteiger partial charge on any atom is 0.311 e. The Balaban J connectivity index is 1.79. The molecule has 6 nitrogen and oxygen atoms in total. The molecule has 0 spiro atoms. The van der Waals surface area contributed by atoms with Gasteiger partial charge in [0.05, 0.1) is 5.41 Å². The number of carbonyl (C=O) groups is 3. The third kappa shape index (κ3) is 2.15. The minimum atomic E-state index is -0.797. The molecule has 1 saturated heterocycles. The van der Waals surface area contributed by atoms with Gasteiger partial charge in [-0.15, -0.1) is 0 Å². The van der Waals surface area contributed by atoms with Crippen LogP contribution in [0.2, 0.25) is 0 Å². The molecule has 2 aliphatic rings. The van der Waals surface area contributed by atoms with Crippen LogP contribution in [0.4, 0.5) is 0 Å². The van der Waals surface area contributed by atoms with Gasteiger partial charge in [-0.2, -0.15) is 0 Å². The zero-order chi connectivity index (χ0) is 15.9. The minimum Gasteiger partial charge on any atom is -0.481 e. The van der Waals surface area contributed by atoms with Crippen LogP contribution in [-0.4, -0.2) is 40.9 Å². The van der Waals surface area contributed by atoms with Crippen molar-refractivity contribution in [2.24, 2.45) is 17.1 Å². The zero-order valence-corrected chi connectivity index (χ0v) is 12.1.